The zero-order chi connectivity index (χ0) is 20.4. The van der Waals surface area contributed by atoms with Gasteiger partial charge in [0.15, 0.2) is 0 Å². The summed E-state index contributed by atoms with van der Waals surface area (Å²) in [5, 5.41) is 3.19. The van der Waals surface area contributed by atoms with Gasteiger partial charge in [-0.05, 0) is 49.9 Å². The highest BCUT2D eigenvalue weighted by Crippen LogP contribution is 2.33. The Labute approximate surface area is 169 Å². The van der Waals surface area contributed by atoms with Gasteiger partial charge in [0.05, 0.1) is 0 Å². The lowest BCUT2D eigenvalue weighted by Gasteiger charge is -2.22. The molecule has 1 aliphatic rings. The van der Waals surface area contributed by atoms with E-state index in [0.29, 0.717) is 35.9 Å². The maximum Gasteiger partial charge on any atom is 0.277 e. The van der Waals surface area contributed by atoms with E-state index in [1.54, 1.807) is 30.0 Å². The molecule has 1 N–H and O–H groups in total. The lowest BCUT2D eigenvalue weighted by atomic mass is 10.1. The SMILES string of the molecule is Cc1nc(NCCc2ccccc2F)cc(C(=O)N2c3ccccc3CC2C)n1. The minimum absolute atomic E-state index is 0.0765. The van der Waals surface area contributed by atoms with Crippen LogP contribution < -0.4 is 10.2 Å². The number of aryl methyl sites for hydroxylation is 1. The smallest absolute Gasteiger partial charge is 0.277 e. The molecule has 2 aromatic carbocycles. The number of aromatic nitrogens is 2. The lowest BCUT2D eigenvalue weighted by Crippen LogP contribution is -2.36. The third kappa shape index (κ3) is 3.97. The number of rotatable bonds is 5. The van der Waals surface area contributed by atoms with Gasteiger partial charge in [-0.1, -0.05) is 36.4 Å². The number of anilines is 2. The summed E-state index contributed by atoms with van der Waals surface area (Å²) in [6.45, 7) is 4.31. The van der Waals surface area contributed by atoms with Crippen LogP contribution in [0.2, 0.25) is 0 Å². The number of halogens is 1. The number of nitrogens with zero attached hydrogens (tertiary/aromatic N) is 3. The number of benzene rings is 2. The average molecular weight is 390 g/mol. The molecule has 29 heavy (non-hydrogen) atoms. The van der Waals surface area contributed by atoms with Gasteiger partial charge in [0.1, 0.15) is 23.2 Å². The van der Waals surface area contributed by atoms with Crippen LogP contribution in [0.4, 0.5) is 15.9 Å². The highest BCUT2D eigenvalue weighted by molar-refractivity contribution is 6.06. The molecule has 6 heteroatoms. The van der Waals surface area contributed by atoms with Crippen LogP contribution in [0.1, 0.15) is 34.4 Å². The zero-order valence-corrected chi connectivity index (χ0v) is 16.5. The van der Waals surface area contributed by atoms with Crippen LogP contribution in [0.3, 0.4) is 0 Å². The van der Waals surface area contributed by atoms with Gasteiger partial charge in [0, 0.05) is 24.3 Å². The molecule has 148 valence electrons. The lowest BCUT2D eigenvalue weighted by molar-refractivity contribution is 0.0976. The van der Waals surface area contributed by atoms with Crippen LogP contribution in [0.5, 0.6) is 0 Å². The number of amides is 1. The molecule has 4 rings (SSSR count). The molecule has 2 heterocycles. The molecule has 0 bridgehead atoms. The van der Waals surface area contributed by atoms with Gasteiger partial charge in [-0.15, -0.1) is 0 Å². The standard InChI is InChI=1S/C23H23FN4O/c1-15-13-18-8-4-6-10-21(18)28(15)23(29)20-14-22(27-16(2)26-20)25-12-11-17-7-3-5-9-19(17)24/h3-10,14-15H,11-13H2,1-2H3,(H,25,26,27). The summed E-state index contributed by atoms with van der Waals surface area (Å²) in [5.41, 5.74) is 3.11. The minimum Gasteiger partial charge on any atom is -0.370 e. The maximum atomic E-state index is 13.8. The molecule has 1 unspecified atom stereocenters. The fraction of sp³-hybridized carbons (Fsp3) is 0.261. The summed E-state index contributed by atoms with van der Waals surface area (Å²) in [6, 6.07) is 16.4. The molecule has 0 aliphatic carbocycles. The van der Waals surface area contributed by atoms with Crippen LogP contribution in [0.15, 0.2) is 54.6 Å². The van der Waals surface area contributed by atoms with Crippen LogP contribution in [-0.2, 0) is 12.8 Å². The van der Waals surface area contributed by atoms with E-state index in [-0.39, 0.29) is 17.8 Å². The van der Waals surface area contributed by atoms with Crippen molar-refractivity contribution in [2.75, 3.05) is 16.8 Å². The average Bonchev–Trinajstić information content (AvgIpc) is 3.04. The summed E-state index contributed by atoms with van der Waals surface area (Å²) >= 11 is 0. The second-order valence-corrected chi connectivity index (χ2v) is 7.31. The van der Waals surface area contributed by atoms with Crippen molar-refractivity contribution < 1.29 is 9.18 Å². The molecule has 1 atom stereocenters. The molecule has 1 aliphatic heterocycles. The highest BCUT2D eigenvalue weighted by atomic mass is 19.1. The minimum atomic E-state index is -0.217. The number of carbonyl (C=O) groups is 1. The van der Waals surface area contributed by atoms with Crippen LogP contribution in [0, 0.1) is 12.7 Å². The number of fused-ring (bicyclic) bond motifs is 1. The Bertz CT molecular complexity index is 1050. The topological polar surface area (TPSA) is 58.1 Å². The van der Waals surface area contributed by atoms with Crippen molar-refractivity contribution in [3.8, 4) is 0 Å². The maximum absolute atomic E-state index is 13.8. The number of hydrogen-bond acceptors (Lipinski definition) is 4. The fourth-order valence-electron chi connectivity index (χ4n) is 3.79. The van der Waals surface area contributed by atoms with Gasteiger partial charge >= 0.3 is 0 Å². The van der Waals surface area contributed by atoms with Crippen LogP contribution in [0.25, 0.3) is 0 Å². The quantitative estimate of drug-likeness (QED) is 0.710. The predicted molar refractivity (Wildman–Crippen MR) is 112 cm³/mol. The molecule has 1 aromatic heterocycles. The molecule has 0 saturated carbocycles. The third-order valence-corrected chi connectivity index (χ3v) is 5.14. The first-order chi connectivity index (χ1) is 14.0. The van der Waals surface area contributed by atoms with Gasteiger partial charge in [-0.25, -0.2) is 14.4 Å². The summed E-state index contributed by atoms with van der Waals surface area (Å²) < 4.78 is 13.8. The van der Waals surface area contributed by atoms with Crippen LogP contribution >= 0.6 is 0 Å². The number of carbonyl (C=O) groups excluding carboxylic acids is 1. The van der Waals surface area contributed by atoms with Crippen molar-refractivity contribution >= 4 is 17.4 Å². The zero-order valence-electron chi connectivity index (χ0n) is 16.5. The Balaban J connectivity index is 1.51. The Morgan fingerprint density at radius 3 is 2.76 bits per heavy atom. The Kier molecular flexibility index (Phi) is 5.25. The van der Waals surface area contributed by atoms with E-state index >= 15 is 0 Å². The molecule has 0 spiro atoms. The van der Waals surface area contributed by atoms with E-state index in [4.69, 9.17) is 0 Å². The van der Waals surface area contributed by atoms with Crippen molar-refractivity contribution in [3.63, 3.8) is 0 Å². The number of nitrogens with one attached hydrogen (secondary N) is 1. The van der Waals surface area contributed by atoms with Crippen molar-refractivity contribution in [1.82, 2.24) is 9.97 Å². The Morgan fingerprint density at radius 1 is 1.17 bits per heavy atom. The van der Waals surface area contributed by atoms with E-state index < -0.39 is 0 Å². The normalized spacial score (nSPS) is 15.3. The van der Waals surface area contributed by atoms with Crippen molar-refractivity contribution in [3.05, 3.63) is 83.1 Å². The summed E-state index contributed by atoms with van der Waals surface area (Å²) in [4.78, 5) is 23.8. The van der Waals surface area contributed by atoms with Crippen molar-refractivity contribution in [1.29, 1.82) is 0 Å². The Hall–Kier alpha value is -3.28. The van der Waals surface area contributed by atoms with Crippen molar-refractivity contribution in [2.45, 2.75) is 32.7 Å². The molecule has 1 amide bonds. The monoisotopic (exact) mass is 390 g/mol. The van der Waals surface area contributed by atoms with Gasteiger partial charge in [0.2, 0.25) is 0 Å². The summed E-state index contributed by atoms with van der Waals surface area (Å²) in [7, 11) is 0. The molecular weight excluding hydrogens is 367 g/mol. The number of hydrogen-bond donors (Lipinski definition) is 1. The van der Waals surface area contributed by atoms with Crippen LogP contribution in [-0.4, -0.2) is 28.5 Å². The van der Waals surface area contributed by atoms with Gasteiger partial charge in [0.25, 0.3) is 5.91 Å². The molecule has 0 saturated heterocycles. The van der Waals surface area contributed by atoms with E-state index in [9.17, 15) is 9.18 Å². The molecule has 3 aromatic rings. The van der Waals surface area contributed by atoms with E-state index in [0.717, 1.165) is 12.1 Å². The molecular formula is C23H23FN4O. The Morgan fingerprint density at radius 2 is 1.93 bits per heavy atom. The van der Waals surface area contributed by atoms with Crippen molar-refractivity contribution in [2.24, 2.45) is 0 Å². The molecule has 0 fully saturated rings. The first kappa shape index (κ1) is 19.1. The first-order valence-corrected chi connectivity index (χ1v) is 9.77. The second kappa shape index (κ2) is 7.99. The summed E-state index contributed by atoms with van der Waals surface area (Å²) in [6.07, 6.45) is 1.36. The third-order valence-electron chi connectivity index (χ3n) is 5.14. The van der Waals surface area contributed by atoms with Gasteiger partial charge < -0.3 is 10.2 Å². The van der Waals surface area contributed by atoms with E-state index in [1.165, 1.54) is 11.6 Å². The van der Waals surface area contributed by atoms with Gasteiger partial charge in [-0.3, -0.25) is 4.79 Å². The predicted octanol–water partition coefficient (Wildman–Crippen LogP) is 4.17. The van der Waals surface area contributed by atoms with E-state index in [2.05, 4.69) is 21.4 Å². The number of para-hydroxylation sites is 1. The fourth-order valence-corrected chi connectivity index (χ4v) is 3.79. The second-order valence-electron chi connectivity index (χ2n) is 7.31. The molecule has 5 nitrogen and oxygen atoms in total. The first-order valence-electron chi connectivity index (χ1n) is 9.77. The largest absolute Gasteiger partial charge is 0.370 e. The molecule has 0 radical (unpaired) electrons. The van der Waals surface area contributed by atoms with E-state index in [1.807, 2.05) is 31.2 Å². The highest BCUT2D eigenvalue weighted by Gasteiger charge is 2.32. The van der Waals surface area contributed by atoms with Gasteiger partial charge in [-0.2, -0.15) is 0 Å². The summed E-state index contributed by atoms with van der Waals surface area (Å²) in [5.74, 6) is 0.734.